The molecular weight excluding hydrogens is 356 g/mol. The van der Waals surface area contributed by atoms with Crippen molar-refractivity contribution in [2.24, 2.45) is 0 Å². The molecule has 0 saturated heterocycles. The number of aryl methyl sites for hydroxylation is 1. The summed E-state index contributed by atoms with van der Waals surface area (Å²) in [5.41, 5.74) is 1.54. The number of hydrogen-bond donors (Lipinski definition) is 2. The summed E-state index contributed by atoms with van der Waals surface area (Å²) in [5.74, 6) is -0.692. The number of anilines is 1. The Balaban J connectivity index is 1.60. The highest BCUT2D eigenvalue weighted by atomic mass is 32.1. The van der Waals surface area contributed by atoms with Crippen LogP contribution in [0, 0.1) is 0 Å². The lowest BCUT2D eigenvalue weighted by Gasteiger charge is -2.04. The molecule has 0 fully saturated rings. The van der Waals surface area contributed by atoms with Gasteiger partial charge in [0.15, 0.2) is 5.13 Å². The predicted molar refractivity (Wildman–Crippen MR) is 97.2 cm³/mol. The molecule has 0 saturated carbocycles. The summed E-state index contributed by atoms with van der Waals surface area (Å²) in [7, 11) is 1.31. The molecular formula is C17H16N4O4S. The number of thiazole rings is 1. The van der Waals surface area contributed by atoms with E-state index in [9.17, 15) is 14.4 Å². The van der Waals surface area contributed by atoms with E-state index in [0.717, 1.165) is 5.56 Å². The van der Waals surface area contributed by atoms with E-state index >= 15 is 0 Å². The third-order valence-electron chi connectivity index (χ3n) is 3.61. The van der Waals surface area contributed by atoms with Crippen LogP contribution < -0.4 is 10.9 Å². The van der Waals surface area contributed by atoms with Crippen LogP contribution in [0.2, 0.25) is 0 Å². The van der Waals surface area contributed by atoms with Crippen LogP contribution in [0.3, 0.4) is 0 Å². The zero-order valence-electron chi connectivity index (χ0n) is 13.9. The Hall–Kier alpha value is -3.20. The first-order chi connectivity index (χ1) is 12.6. The fourth-order valence-corrected chi connectivity index (χ4v) is 3.02. The van der Waals surface area contributed by atoms with Crippen LogP contribution in [0.5, 0.6) is 0 Å². The number of amides is 1. The number of carbonyl (C=O) groups is 2. The Morgan fingerprint density at radius 1 is 1.38 bits per heavy atom. The molecule has 3 rings (SSSR count). The normalized spacial score (nSPS) is 10.5. The largest absolute Gasteiger partial charge is 0.464 e. The van der Waals surface area contributed by atoms with Crippen LogP contribution in [-0.2, 0) is 16.1 Å². The molecule has 2 N–H and O–H groups in total. The molecule has 0 bridgehead atoms. The van der Waals surface area contributed by atoms with E-state index in [1.54, 1.807) is 36.0 Å². The number of esters is 1. The van der Waals surface area contributed by atoms with Gasteiger partial charge in [0.2, 0.25) is 5.91 Å². The molecule has 26 heavy (non-hydrogen) atoms. The molecule has 3 aromatic heterocycles. The highest BCUT2D eigenvalue weighted by molar-refractivity contribution is 7.14. The Bertz CT molecular complexity index is 988. The second-order valence-electron chi connectivity index (χ2n) is 5.36. The SMILES string of the molecule is COC(=O)c1cc(-c2csc(NC(=O)CCn3ccccc3=O)n2)c[nH]1. The second-order valence-corrected chi connectivity index (χ2v) is 6.22. The Morgan fingerprint density at radius 3 is 3.00 bits per heavy atom. The molecule has 3 heterocycles. The number of hydrogen-bond acceptors (Lipinski definition) is 6. The lowest BCUT2D eigenvalue weighted by Crippen LogP contribution is -2.21. The molecule has 134 valence electrons. The minimum Gasteiger partial charge on any atom is -0.464 e. The number of rotatable bonds is 6. The zero-order chi connectivity index (χ0) is 18.5. The van der Waals surface area contributed by atoms with E-state index in [2.05, 4.69) is 20.0 Å². The molecule has 0 aliphatic rings. The molecule has 3 aromatic rings. The van der Waals surface area contributed by atoms with E-state index in [1.807, 2.05) is 0 Å². The number of nitrogens with zero attached hydrogens (tertiary/aromatic N) is 2. The van der Waals surface area contributed by atoms with Gasteiger partial charge in [-0.1, -0.05) is 6.07 Å². The average molecular weight is 372 g/mol. The van der Waals surface area contributed by atoms with Crippen LogP contribution in [0.15, 0.2) is 46.8 Å². The van der Waals surface area contributed by atoms with Crippen LogP contribution in [0.4, 0.5) is 5.13 Å². The summed E-state index contributed by atoms with van der Waals surface area (Å²) >= 11 is 1.28. The van der Waals surface area contributed by atoms with Gasteiger partial charge in [-0.2, -0.15) is 0 Å². The molecule has 1 amide bonds. The van der Waals surface area contributed by atoms with Crippen molar-refractivity contribution >= 4 is 28.3 Å². The maximum Gasteiger partial charge on any atom is 0.354 e. The maximum atomic E-state index is 12.0. The zero-order valence-corrected chi connectivity index (χ0v) is 14.7. The molecule has 9 heteroatoms. The molecule has 0 aliphatic heterocycles. The fraction of sp³-hybridized carbons (Fsp3) is 0.176. The van der Waals surface area contributed by atoms with Gasteiger partial charge in [0.1, 0.15) is 5.69 Å². The van der Waals surface area contributed by atoms with Gasteiger partial charge in [-0.05, 0) is 12.1 Å². The second kappa shape index (κ2) is 7.79. The van der Waals surface area contributed by atoms with Crippen LogP contribution in [0.1, 0.15) is 16.9 Å². The lowest BCUT2D eigenvalue weighted by atomic mass is 10.2. The number of pyridine rings is 1. The number of nitrogens with one attached hydrogen (secondary N) is 2. The minimum atomic E-state index is -0.462. The van der Waals surface area contributed by atoms with E-state index in [4.69, 9.17) is 0 Å². The number of methoxy groups -OCH3 is 1. The van der Waals surface area contributed by atoms with Gasteiger partial charge in [-0.15, -0.1) is 11.3 Å². The molecule has 0 aliphatic carbocycles. The summed E-state index contributed by atoms with van der Waals surface area (Å²) in [6, 6.07) is 6.48. The van der Waals surface area contributed by atoms with Gasteiger partial charge >= 0.3 is 5.97 Å². The molecule has 0 aromatic carbocycles. The highest BCUT2D eigenvalue weighted by Gasteiger charge is 2.13. The molecule has 0 spiro atoms. The Labute approximate surface area is 152 Å². The third-order valence-corrected chi connectivity index (χ3v) is 4.37. The maximum absolute atomic E-state index is 12.0. The van der Waals surface area contributed by atoms with E-state index < -0.39 is 5.97 Å². The van der Waals surface area contributed by atoms with Crippen molar-refractivity contribution in [3.8, 4) is 11.3 Å². The predicted octanol–water partition coefficient (Wildman–Crippen LogP) is 2.12. The molecule has 0 radical (unpaired) electrons. The fourth-order valence-electron chi connectivity index (χ4n) is 2.28. The van der Waals surface area contributed by atoms with Crippen molar-refractivity contribution in [3.63, 3.8) is 0 Å². The first-order valence-corrected chi connectivity index (χ1v) is 8.63. The van der Waals surface area contributed by atoms with Crippen LogP contribution >= 0.6 is 11.3 Å². The van der Waals surface area contributed by atoms with Crippen LogP contribution in [-0.4, -0.2) is 33.5 Å². The first-order valence-electron chi connectivity index (χ1n) is 7.75. The summed E-state index contributed by atoms with van der Waals surface area (Å²) in [6.45, 7) is 0.296. The quantitative estimate of drug-likeness (QED) is 0.645. The first kappa shape index (κ1) is 17.6. The summed E-state index contributed by atoms with van der Waals surface area (Å²) in [6.07, 6.45) is 3.45. The summed E-state index contributed by atoms with van der Waals surface area (Å²) < 4.78 is 6.12. The van der Waals surface area contributed by atoms with Gasteiger partial charge in [0.05, 0.1) is 12.8 Å². The minimum absolute atomic E-state index is 0.147. The topological polar surface area (TPSA) is 106 Å². The summed E-state index contributed by atoms with van der Waals surface area (Å²) in [5, 5.41) is 4.94. The monoisotopic (exact) mass is 372 g/mol. The Morgan fingerprint density at radius 2 is 2.23 bits per heavy atom. The number of ether oxygens (including phenoxy) is 1. The lowest BCUT2D eigenvalue weighted by molar-refractivity contribution is -0.116. The van der Waals surface area contributed by atoms with Gasteiger partial charge in [-0.3, -0.25) is 9.59 Å². The molecule has 0 atom stereocenters. The van der Waals surface area contributed by atoms with Gasteiger partial charge in [0.25, 0.3) is 5.56 Å². The number of aromatic amines is 1. The number of H-pyrrole nitrogens is 1. The van der Waals surface area contributed by atoms with Gasteiger partial charge in [0, 0.05) is 42.4 Å². The number of aromatic nitrogens is 3. The van der Waals surface area contributed by atoms with Crippen molar-refractivity contribution in [2.45, 2.75) is 13.0 Å². The number of carbonyl (C=O) groups excluding carboxylic acids is 2. The van der Waals surface area contributed by atoms with Crippen molar-refractivity contribution < 1.29 is 14.3 Å². The van der Waals surface area contributed by atoms with E-state index in [-0.39, 0.29) is 17.9 Å². The third kappa shape index (κ3) is 4.06. The highest BCUT2D eigenvalue weighted by Crippen LogP contribution is 2.25. The average Bonchev–Trinajstić information content (AvgIpc) is 3.29. The van der Waals surface area contributed by atoms with Crippen molar-refractivity contribution in [2.75, 3.05) is 12.4 Å². The van der Waals surface area contributed by atoms with Crippen LogP contribution in [0.25, 0.3) is 11.3 Å². The van der Waals surface area contributed by atoms with Crippen molar-refractivity contribution in [3.05, 3.63) is 58.1 Å². The van der Waals surface area contributed by atoms with Gasteiger partial charge in [-0.25, -0.2) is 9.78 Å². The van der Waals surface area contributed by atoms with Gasteiger partial charge < -0.3 is 19.6 Å². The standard InChI is InChI=1S/C17H16N4O4S/c1-25-16(24)12-8-11(9-18-12)13-10-26-17(19-13)20-14(22)5-7-21-6-3-2-4-15(21)23/h2-4,6,8-10,18H,5,7H2,1H3,(H,19,20,22). The molecule has 8 nitrogen and oxygen atoms in total. The Kier molecular flexibility index (Phi) is 5.28. The smallest absolute Gasteiger partial charge is 0.354 e. The molecule has 0 unspecified atom stereocenters. The van der Waals surface area contributed by atoms with Crippen molar-refractivity contribution in [1.82, 2.24) is 14.5 Å². The van der Waals surface area contributed by atoms with Crippen molar-refractivity contribution in [1.29, 1.82) is 0 Å². The van der Waals surface area contributed by atoms with E-state index in [1.165, 1.54) is 29.1 Å². The van der Waals surface area contributed by atoms with E-state index in [0.29, 0.717) is 23.1 Å². The summed E-state index contributed by atoms with van der Waals surface area (Å²) in [4.78, 5) is 42.3.